The minimum Gasteiger partial charge on any atom is -0.298 e. The van der Waals surface area contributed by atoms with E-state index in [0.717, 1.165) is 11.8 Å². The number of benzene rings is 2. The van der Waals surface area contributed by atoms with Crippen LogP contribution < -0.4 is 0 Å². The summed E-state index contributed by atoms with van der Waals surface area (Å²) < 4.78 is 0. The van der Waals surface area contributed by atoms with Gasteiger partial charge in [-0.2, -0.15) is 0 Å². The number of carbonyl (C=O) groups is 2. The minimum absolute atomic E-state index is 0.0682. The maximum Gasteiger partial charge on any atom is 0.170 e. The summed E-state index contributed by atoms with van der Waals surface area (Å²) in [6.07, 6.45) is 0.773. The zero-order valence-corrected chi connectivity index (χ0v) is 10.2. The Morgan fingerprint density at radius 3 is 2.17 bits per heavy atom. The molecular formula is C16H14O2. The lowest BCUT2D eigenvalue weighted by Gasteiger charge is -2.10. The van der Waals surface area contributed by atoms with Crippen LogP contribution in [-0.4, -0.2) is 12.1 Å². The normalized spacial score (nSPS) is 11.8. The molecule has 0 saturated carbocycles. The second-order valence-corrected chi connectivity index (χ2v) is 4.24. The summed E-state index contributed by atoms with van der Waals surface area (Å²) in [7, 11) is 0. The van der Waals surface area contributed by atoms with Crippen LogP contribution in [0.2, 0.25) is 0 Å². The molecule has 0 aliphatic rings. The van der Waals surface area contributed by atoms with Gasteiger partial charge in [0.05, 0.1) is 0 Å². The molecule has 0 bridgehead atoms. The number of hydrogen-bond acceptors (Lipinski definition) is 2. The molecule has 18 heavy (non-hydrogen) atoms. The molecule has 0 heterocycles. The lowest BCUT2D eigenvalue weighted by Crippen LogP contribution is -2.09. The second-order valence-electron chi connectivity index (χ2n) is 4.24. The molecule has 2 aromatic rings. The highest BCUT2D eigenvalue weighted by Crippen LogP contribution is 2.20. The average molecular weight is 238 g/mol. The van der Waals surface area contributed by atoms with Crippen molar-refractivity contribution in [2.75, 3.05) is 0 Å². The predicted molar refractivity (Wildman–Crippen MR) is 71.0 cm³/mol. The first-order valence-corrected chi connectivity index (χ1v) is 5.87. The van der Waals surface area contributed by atoms with Crippen LogP contribution in [0.15, 0.2) is 54.6 Å². The molecule has 0 spiro atoms. The van der Waals surface area contributed by atoms with Crippen LogP contribution in [0.3, 0.4) is 0 Å². The molecule has 0 amide bonds. The number of Topliss-reactive ketones (excluding diaryl/α,β-unsaturated/α-hetero) is 1. The van der Waals surface area contributed by atoms with Crippen LogP contribution in [0.1, 0.15) is 39.1 Å². The van der Waals surface area contributed by atoms with Gasteiger partial charge in [-0.1, -0.05) is 61.5 Å². The molecular weight excluding hydrogens is 224 g/mol. The number of hydrogen-bond donors (Lipinski definition) is 0. The lowest BCUT2D eigenvalue weighted by atomic mass is 9.92. The van der Waals surface area contributed by atoms with Gasteiger partial charge in [-0.05, 0) is 5.56 Å². The Labute approximate surface area is 106 Å². The van der Waals surface area contributed by atoms with E-state index in [2.05, 4.69) is 0 Å². The smallest absolute Gasteiger partial charge is 0.170 e. The van der Waals surface area contributed by atoms with E-state index in [0.29, 0.717) is 11.1 Å². The summed E-state index contributed by atoms with van der Waals surface area (Å²) in [5.74, 6) is -0.105. The van der Waals surface area contributed by atoms with Gasteiger partial charge in [0, 0.05) is 17.0 Å². The minimum atomic E-state index is -0.173. The van der Waals surface area contributed by atoms with Crippen molar-refractivity contribution in [3.05, 3.63) is 71.3 Å². The molecule has 0 aromatic heterocycles. The second kappa shape index (κ2) is 5.41. The average Bonchev–Trinajstić information content (AvgIpc) is 2.47. The summed E-state index contributed by atoms with van der Waals surface area (Å²) in [5.41, 5.74) is 2.22. The molecule has 90 valence electrons. The molecule has 2 aromatic carbocycles. The lowest BCUT2D eigenvalue weighted by molar-refractivity contribution is 0.0965. The standard InChI is InChI=1S/C16H14O2/c1-12(14-5-3-2-4-6-14)16(18)15-9-7-13(11-17)8-10-15/h2-12H,1H3. The number of aldehydes is 1. The molecule has 2 nitrogen and oxygen atoms in total. The third-order valence-corrected chi connectivity index (χ3v) is 3.02. The van der Waals surface area contributed by atoms with E-state index in [9.17, 15) is 9.59 Å². The van der Waals surface area contributed by atoms with Crippen LogP contribution >= 0.6 is 0 Å². The van der Waals surface area contributed by atoms with Crippen LogP contribution in [0.4, 0.5) is 0 Å². The van der Waals surface area contributed by atoms with Gasteiger partial charge in [0.15, 0.2) is 5.78 Å². The highest BCUT2D eigenvalue weighted by atomic mass is 16.1. The van der Waals surface area contributed by atoms with Gasteiger partial charge in [-0.15, -0.1) is 0 Å². The Kier molecular flexibility index (Phi) is 3.68. The molecule has 2 heteroatoms. The quantitative estimate of drug-likeness (QED) is 0.603. The van der Waals surface area contributed by atoms with E-state index in [1.165, 1.54) is 0 Å². The monoisotopic (exact) mass is 238 g/mol. The van der Waals surface area contributed by atoms with Crippen LogP contribution in [-0.2, 0) is 0 Å². The Hall–Kier alpha value is -2.22. The molecule has 2 rings (SSSR count). The van der Waals surface area contributed by atoms with Crippen LogP contribution in [0, 0.1) is 0 Å². The van der Waals surface area contributed by atoms with Gasteiger partial charge in [0.25, 0.3) is 0 Å². The van der Waals surface area contributed by atoms with E-state index in [1.807, 2.05) is 37.3 Å². The Morgan fingerprint density at radius 1 is 1.00 bits per heavy atom. The van der Waals surface area contributed by atoms with Gasteiger partial charge < -0.3 is 0 Å². The maximum atomic E-state index is 12.3. The van der Waals surface area contributed by atoms with E-state index < -0.39 is 0 Å². The molecule has 0 N–H and O–H groups in total. The Morgan fingerprint density at radius 2 is 1.61 bits per heavy atom. The summed E-state index contributed by atoms with van der Waals surface area (Å²) in [4.78, 5) is 22.8. The summed E-state index contributed by atoms with van der Waals surface area (Å²) >= 11 is 0. The van der Waals surface area contributed by atoms with Crippen molar-refractivity contribution in [1.29, 1.82) is 0 Å². The maximum absolute atomic E-state index is 12.3. The fourth-order valence-electron chi connectivity index (χ4n) is 1.87. The third-order valence-electron chi connectivity index (χ3n) is 3.02. The Balaban J connectivity index is 2.23. The molecule has 1 atom stereocenters. The fraction of sp³-hybridized carbons (Fsp3) is 0.125. The van der Waals surface area contributed by atoms with Crippen molar-refractivity contribution < 1.29 is 9.59 Å². The van der Waals surface area contributed by atoms with Crippen LogP contribution in [0.25, 0.3) is 0 Å². The topological polar surface area (TPSA) is 34.1 Å². The number of carbonyl (C=O) groups excluding carboxylic acids is 2. The number of rotatable bonds is 4. The molecule has 0 saturated heterocycles. The summed E-state index contributed by atoms with van der Waals surface area (Å²) in [6.45, 7) is 1.89. The van der Waals surface area contributed by atoms with Crippen molar-refractivity contribution in [2.45, 2.75) is 12.8 Å². The van der Waals surface area contributed by atoms with Crippen LogP contribution in [0.5, 0.6) is 0 Å². The predicted octanol–water partition coefficient (Wildman–Crippen LogP) is 3.49. The number of ketones is 1. The van der Waals surface area contributed by atoms with Crippen molar-refractivity contribution in [2.24, 2.45) is 0 Å². The third kappa shape index (κ3) is 2.54. The molecule has 0 aliphatic heterocycles. The molecule has 0 fully saturated rings. The van der Waals surface area contributed by atoms with Gasteiger partial charge >= 0.3 is 0 Å². The van der Waals surface area contributed by atoms with Gasteiger partial charge in [0.2, 0.25) is 0 Å². The first-order chi connectivity index (χ1) is 8.72. The van der Waals surface area contributed by atoms with Crippen molar-refractivity contribution in [1.82, 2.24) is 0 Å². The first-order valence-electron chi connectivity index (χ1n) is 5.87. The van der Waals surface area contributed by atoms with E-state index in [1.54, 1.807) is 24.3 Å². The fourth-order valence-corrected chi connectivity index (χ4v) is 1.87. The van der Waals surface area contributed by atoms with Gasteiger partial charge in [-0.25, -0.2) is 0 Å². The van der Waals surface area contributed by atoms with Crippen molar-refractivity contribution in [3.63, 3.8) is 0 Å². The zero-order valence-electron chi connectivity index (χ0n) is 10.2. The summed E-state index contributed by atoms with van der Waals surface area (Å²) in [5, 5.41) is 0. The highest BCUT2D eigenvalue weighted by molar-refractivity contribution is 6.01. The van der Waals surface area contributed by atoms with Crippen molar-refractivity contribution >= 4 is 12.1 Å². The Bertz CT molecular complexity index is 541. The van der Waals surface area contributed by atoms with E-state index in [4.69, 9.17) is 0 Å². The SMILES string of the molecule is CC(C(=O)c1ccc(C=O)cc1)c1ccccc1. The van der Waals surface area contributed by atoms with E-state index in [-0.39, 0.29) is 11.7 Å². The zero-order chi connectivity index (χ0) is 13.0. The first kappa shape index (κ1) is 12.2. The molecule has 1 unspecified atom stereocenters. The van der Waals surface area contributed by atoms with Gasteiger partial charge in [0.1, 0.15) is 6.29 Å². The van der Waals surface area contributed by atoms with E-state index >= 15 is 0 Å². The molecule has 0 aliphatic carbocycles. The largest absolute Gasteiger partial charge is 0.298 e. The summed E-state index contributed by atoms with van der Waals surface area (Å²) in [6, 6.07) is 16.4. The van der Waals surface area contributed by atoms with Gasteiger partial charge in [-0.3, -0.25) is 9.59 Å². The molecule has 0 radical (unpaired) electrons. The van der Waals surface area contributed by atoms with Crippen molar-refractivity contribution in [3.8, 4) is 0 Å². The highest BCUT2D eigenvalue weighted by Gasteiger charge is 2.16.